The van der Waals surface area contributed by atoms with E-state index in [1.807, 2.05) is 56.7 Å². The summed E-state index contributed by atoms with van der Waals surface area (Å²) in [4.78, 5) is 18.8. The minimum Gasteiger partial charge on any atom is -0.292 e. The Morgan fingerprint density at radius 2 is 0.944 bits per heavy atom. The highest BCUT2D eigenvalue weighted by molar-refractivity contribution is 7.30. The van der Waals surface area contributed by atoms with E-state index in [0.717, 1.165) is 40.3 Å². The number of aryl methyl sites for hydroxylation is 2. The van der Waals surface area contributed by atoms with Crippen LogP contribution in [0.4, 0.5) is 0 Å². The highest BCUT2D eigenvalue weighted by atomic mass is 32.1. The van der Waals surface area contributed by atoms with E-state index in [-0.39, 0.29) is 0 Å². The smallest absolute Gasteiger partial charge is 0.147 e. The molecule has 6 heterocycles. The predicted molar refractivity (Wildman–Crippen MR) is 329 cm³/mol. The van der Waals surface area contributed by atoms with E-state index in [4.69, 9.17) is 4.98 Å². The van der Waals surface area contributed by atoms with Gasteiger partial charge in [-0.05, 0) is 102 Å². The lowest BCUT2D eigenvalue weighted by Crippen LogP contribution is -2.16. The molecule has 0 spiro atoms. The Morgan fingerprint density at radius 1 is 0.458 bits per heavy atom. The maximum atomic E-state index is 5.86. The van der Waals surface area contributed by atoms with Crippen LogP contribution in [0.3, 0.4) is 0 Å². The van der Waals surface area contributed by atoms with Crippen molar-refractivity contribution in [1.82, 2.24) is 9.55 Å². The lowest BCUT2D eigenvalue weighted by Gasteiger charge is -2.12. The van der Waals surface area contributed by atoms with E-state index in [2.05, 4.69) is 202 Å². The molecule has 0 fully saturated rings. The van der Waals surface area contributed by atoms with E-state index in [9.17, 15) is 0 Å². The van der Waals surface area contributed by atoms with Crippen LogP contribution in [0.2, 0.25) is 39.3 Å². The quantitative estimate of drug-likeness (QED) is 0.0408. The fourth-order valence-corrected chi connectivity index (χ4v) is 16.5. The maximum absolute atomic E-state index is 5.86. The number of benzene rings is 4. The van der Waals surface area contributed by atoms with Gasteiger partial charge in [-0.15, -0.1) is 67.8 Å². The van der Waals surface area contributed by atoms with Gasteiger partial charge in [-0.25, -0.2) is 4.98 Å². The number of fused-ring (bicyclic) bond motifs is 6. The summed E-state index contributed by atoms with van der Waals surface area (Å²) in [6.07, 6.45) is 12.0. The summed E-state index contributed by atoms with van der Waals surface area (Å²) in [6, 6.07) is 45.4. The summed E-state index contributed by atoms with van der Waals surface area (Å²) in [5.41, 5.74) is 14.6. The van der Waals surface area contributed by atoms with Crippen LogP contribution in [-0.2, 0) is 12.8 Å². The monoisotopic (exact) mass is 1060 g/mol. The number of hydrogen-bond donors (Lipinski definition) is 0. The van der Waals surface area contributed by atoms with Crippen molar-refractivity contribution >= 4 is 105 Å². The molecular formula is C63H64N2S5Si2. The number of aromatic nitrogens is 2. The Kier molecular flexibility index (Phi) is 15.3. The number of rotatable bonds is 16. The molecule has 0 bridgehead atoms. The topological polar surface area (TPSA) is 17.8 Å². The summed E-state index contributed by atoms with van der Waals surface area (Å²) < 4.78 is 2.47. The zero-order valence-corrected chi connectivity index (χ0v) is 49.1. The van der Waals surface area contributed by atoms with Crippen LogP contribution in [0.5, 0.6) is 0 Å². The summed E-state index contributed by atoms with van der Waals surface area (Å²) >= 11 is 9.61. The fraction of sp³-hybridized carbons (Fsp3) is 0.286. The molecule has 0 saturated carbocycles. The highest BCUT2D eigenvalue weighted by Gasteiger charge is 2.27. The van der Waals surface area contributed by atoms with Crippen molar-refractivity contribution in [3.05, 3.63) is 142 Å². The van der Waals surface area contributed by atoms with E-state index < -0.39 is 16.1 Å². The Hall–Kier alpha value is -5.08. The van der Waals surface area contributed by atoms with Crippen molar-refractivity contribution < 1.29 is 0 Å². The number of unbranched alkanes of at least 4 members (excludes halogenated alkanes) is 6. The number of hydrogen-bond acceptors (Lipinski definition) is 6. The van der Waals surface area contributed by atoms with Crippen molar-refractivity contribution in [1.29, 1.82) is 0 Å². The average molecular weight is 1070 g/mol. The van der Waals surface area contributed by atoms with Crippen LogP contribution in [0.15, 0.2) is 121 Å². The summed E-state index contributed by atoms with van der Waals surface area (Å²) in [6.45, 7) is 18.6. The number of para-hydroxylation sites is 1. The van der Waals surface area contributed by atoms with Gasteiger partial charge in [0.15, 0.2) is 0 Å². The molecule has 0 unspecified atom stereocenters. The van der Waals surface area contributed by atoms with E-state index in [1.54, 1.807) is 0 Å². The van der Waals surface area contributed by atoms with Crippen LogP contribution in [0, 0.1) is 22.9 Å². The van der Waals surface area contributed by atoms with Gasteiger partial charge in [0, 0.05) is 56.2 Å². The Labute approximate surface area is 449 Å². The second-order valence-electron chi connectivity index (χ2n) is 21.1. The minimum absolute atomic E-state index is 0.982. The molecule has 4 aromatic carbocycles. The Balaban J connectivity index is 1.21. The largest absolute Gasteiger partial charge is 0.292 e. The first-order valence-corrected chi connectivity index (χ1v) is 37.0. The van der Waals surface area contributed by atoms with Crippen LogP contribution >= 0.6 is 56.7 Å². The van der Waals surface area contributed by atoms with Gasteiger partial charge in [-0.2, -0.15) is 0 Å². The molecule has 9 heteroatoms. The number of nitrogens with zero attached hydrogens (tertiary/aromatic N) is 2. The fourth-order valence-electron chi connectivity index (χ4n) is 9.49. The summed E-state index contributed by atoms with van der Waals surface area (Å²) in [7, 11) is -3.04. The van der Waals surface area contributed by atoms with Gasteiger partial charge in [-0.1, -0.05) is 170 Å². The van der Waals surface area contributed by atoms with Gasteiger partial charge in [-0.3, -0.25) is 4.57 Å². The van der Waals surface area contributed by atoms with E-state index in [0.29, 0.717) is 0 Å². The zero-order valence-electron chi connectivity index (χ0n) is 43.1. The van der Waals surface area contributed by atoms with Gasteiger partial charge in [0.25, 0.3) is 0 Å². The van der Waals surface area contributed by atoms with Crippen LogP contribution in [0.25, 0.3) is 88.7 Å². The van der Waals surface area contributed by atoms with Crippen molar-refractivity contribution in [3.63, 3.8) is 0 Å². The first kappa shape index (κ1) is 50.5. The second kappa shape index (κ2) is 21.8. The van der Waals surface area contributed by atoms with Gasteiger partial charge in [0.2, 0.25) is 0 Å². The second-order valence-corrected chi connectivity index (χ2v) is 36.0. The average Bonchev–Trinajstić information content (AvgIpc) is 4.24. The molecule has 0 amide bonds. The summed E-state index contributed by atoms with van der Waals surface area (Å²) in [5.74, 6) is 8.13. The third-order valence-corrected chi connectivity index (χ3v) is 21.0. The normalized spacial score (nSPS) is 11.9. The lowest BCUT2D eigenvalue weighted by atomic mass is 10.00. The van der Waals surface area contributed by atoms with Crippen molar-refractivity contribution in [3.8, 4) is 79.0 Å². The molecule has 0 atom stereocenters. The molecule has 0 aliphatic carbocycles. The minimum atomic E-state index is -1.53. The van der Waals surface area contributed by atoms with Gasteiger partial charge in [0.05, 0.1) is 25.7 Å². The highest BCUT2D eigenvalue weighted by Crippen LogP contribution is 2.52. The van der Waals surface area contributed by atoms with E-state index >= 15 is 0 Å². The molecule has 0 aliphatic rings. The molecule has 2 nitrogen and oxygen atoms in total. The molecule has 6 aromatic heterocycles. The first-order chi connectivity index (χ1) is 34.9. The number of imidazole rings is 1. The van der Waals surface area contributed by atoms with Crippen LogP contribution in [-0.4, -0.2) is 25.7 Å². The first-order valence-electron chi connectivity index (χ1n) is 25.9. The summed E-state index contributed by atoms with van der Waals surface area (Å²) in [5, 5.41) is 4.87. The van der Waals surface area contributed by atoms with Crippen LogP contribution in [0.1, 0.15) is 86.1 Å². The van der Waals surface area contributed by atoms with Crippen molar-refractivity contribution in [2.75, 3.05) is 0 Å². The SMILES string of the molecule is CCCCCCc1cc(-c2cc(-c3nc4c5ccccc5c5ccccc5c4n3-c3ccccc3)c(-c3cc(CCCCCC)c(-c4ccc(C#C[Si](C)(C)C)s4)s3)s2)sc1-c1ccc(C#C[Si](C)(C)C)s1. The molecule has 0 radical (unpaired) electrons. The third kappa shape index (κ3) is 11.1. The molecule has 364 valence electrons. The molecule has 0 saturated heterocycles. The van der Waals surface area contributed by atoms with Gasteiger partial charge in [0.1, 0.15) is 22.0 Å². The molecular weight excluding hydrogens is 1000 g/mol. The standard InChI is InChI=1S/C63H64N2S5Si2/c1-9-11-13-16-24-43-40-55(68-60(43)53-34-32-46(66-53)36-38-71(3,4)5)56-42-52(62(69-56)57-41-44(25-17-14-12-10-2)61(70-57)54-35-33-47(67-54)37-39-72(6,7)8)63-64-58-50-30-22-20-28-48(50)49-29-21-23-31-51(49)59(58)65(63)45-26-18-15-19-27-45/h15,18-23,26-35,40-42H,9-14,16-17,24-25H2,1-8H3. The number of thiophene rings is 5. The lowest BCUT2D eigenvalue weighted by molar-refractivity contribution is 0.668. The molecule has 10 aromatic rings. The molecule has 72 heavy (non-hydrogen) atoms. The van der Waals surface area contributed by atoms with Gasteiger partial charge >= 0.3 is 0 Å². The third-order valence-electron chi connectivity index (χ3n) is 13.0. The zero-order chi connectivity index (χ0) is 50.0. The Morgan fingerprint density at radius 3 is 1.51 bits per heavy atom. The van der Waals surface area contributed by atoms with Crippen molar-refractivity contribution in [2.24, 2.45) is 0 Å². The van der Waals surface area contributed by atoms with Gasteiger partial charge < -0.3 is 0 Å². The van der Waals surface area contributed by atoms with E-state index in [1.165, 1.54) is 133 Å². The van der Waals surface area contributed by atoms with Crippen molar-refractivity contribution in [2.45, 2.75) is 117 Å². The molecule has 0 N–H and O–H groups in total. The molecule has 0 aliphatic heterocycles. The maximum Gasteiger partial charge on any atom is 0.147 e. The predicted octanol–water partition coefficient (Wildman–Crippen LogP) is 20.7. The molecule has 10 rings (SSSR count). The van der Waals surface area contributed by atoms with Crippen LogP contribution < -0.4 is 0 Å². The Bertz CT molecular complexity index is 3670.